The molecule has 3 rings (SSSR count). The summed E-state index contributed by atoms with van der Waals surface area (Å²) >= 11 is 0. The van der Waals surface area contributed by atoms with Crippen LogP contribution in [0.3, 0.4) is 0 Å². The molecule has 0 saturated carbocycles. The summed E-state index contributed by atoms with van der Waals surface area (Å²) in [5.74, 6) is -1.05. The van der Waals surface area contributed by atoms with Crippen molar-refractivity contribution in [2.24, 2.45) is 7.05 Å². The number of aryl methyl sites for hydroxylation is 1. The SMILES string of the molecule is Cn1cncn1.Fc1ccc(C2CCCO2)c(F)c1. The average Bonchev–Trinajstić information content (AvgIpc) is 3.03. The maximum absolute atomic E-state index is 13.2. The van der Waals surface area contributed by atoms with E-state index >= 15 is 0 Å². The van der Waals surface area contributed by atoms with Crippen LogP contribution in [0.4, 0.5) is 8.78 Å². The predicted octanol–water partition coefficient (Wildman–Crippen LogP) is 2.63. The summed E-state index contributed by atoms with van der Waals surface area (Å²) in [7, 11) is 1.83. The lowest BCUT2D eigenvalue weighted by atomic mass is 10.1. The van der Waals surface area contributed by atoms with Crippen molar-refractivity contribution in [3.05, 3.63) is 48.1 Å². The highest BCUT2D eigenvalue weighted by atomic mass is 19.1. The molecule has 0 spiro atoms. The van der Waals surface area contributed by atoms with Crippen LogP contribution in [0, 0.1) is 11.6 Å². The van der Waals surface area contributed by atoms with Crippen LogP contribution in [-0.4, -0.2) is 21.4 Å². The van der Waals surface area contributed by atoms with E-state index in [9.17, 15) is 8.78 Å². The molecule has 0 aliphatic carbocycles. The number of hydrogen-bond donors (Lipinski definition) is 0. The maximum Gasteiger partial charge on any atom is 0.137 e. The lowest BCUT2D eigenvalue weighted by molar-refractivity contribution is 0.109. The fourth-order valence-corrected chi connectivity index (χ4v) is 1.85. The van der Waals surface area contributed by atoms with Crippen molar-refractivity contribution in [2.75, 3.05) is 6.61 Å². The maximum atomic E-state index is 13.2. The van der Waals surface area contributed by atoms with Gasteiger partial charge in [0.1, 0.15) is 24.3 Å². The third-order valence-electron chi connectivity index (χ3n) is 2.77. The largest absolute Gasteiger partial charge is 0.373 e. The standard InChI is InChI=1S/C10H10F2O.C3H5N3/c11-7-3-4-8(9(12)6-7)10-2-1-5-13-10;1-6-3-4-2-5-6/h3-4,6,10H,1-2,5H2;2-3H,1H3. The monoisotopic (exact) mass is 267 g/mol. The van der Waals surface area contributed by atoms with E-state index < -0.39 is 11.6 Å². The van der Waals surface area contributed by atoms with Crippen molar-refractivity contribution in [1.29, 1.82) is 0 Å². The van der Waals surface area contributed by atoms with E-state index in [1.165, 1.54) is 18.5 Å². The predicted molar refractivity (Wildman–Crippen MR) is 65.3 cm³/mol. The van der Waals surface area contributed by atoms with E-state index in [-0.39, 0.29) is 6.10 Å². The summed E-state index contributed by atoms with van der Waals surface area (Å²) in [6.45, 7) is 0.668. The zero-order valence-corrected chi connectivity index (χ0v) is 10.6. The van der Waals surface area contributed by atoms with Gasteiger partial charge < -0.3 is 4.74 Å². The molecule has 0 radical (unpaired) electrons. The normalized spacial score (nSPS) is 17.9. The highest BCUT2D eigenvalue weighted by Crippen LogP contribution is 2.30. The molecule has 19 heavy (non-hydrogen) atoms. The van der Waals surface area contributed by atoms with Gasteiger partial charge in [0.15, 0.2) is 0 Å². The second-order valence-corrected chi connectivity index (χ2v) is 4.24. The number of benzene rings is 1. The van der Waals surface area contributed by atoms with Gasteiger partial charge in [-0.1, -0.05) is 6.07 Å². The zero-order valence-electron chi connectivity index (χ0n) is 10.6. The Bertz CT molecular complexity index is 511. The fourth-order valence-electron chi connectivity index (χ4n) is 1.85. The molecule has 1 fully saturated rings. The molecule has 0 N–H and O–H groups in total. The minimum atomic E-state index is -0.542. The summed E-state index contributed by atoms with van der Waals surface area (Å²) in [6, 6.07) is 3.62. The molecule has 102 valence electrons. The van der Waals surface area contributed by atoms with Crippen molar-refractivity contribution in [3.8, 4) is 0 Å². The molecule has 4 nitrogen and oxygen atoms in total. The third-order valence-corrected chi connectivity index (χ3v) is 2.77. The van der Waals surface area contributed by atoms with Crippen molar-refractivity contribution >= 4 is 0 Å². The van der Waals surface area contributed by atoms with Gasteiger partial charge in [-0.25, -0.2) is 13.8 Å². The zero-order chi connectivity index (χ0) is 13.7. The van der Waals surface area contributed by atoms with Gasteiger partial charge in [0, 0.05) is 25.3 Å². The minimum absolute atomic E-state index is 0.180. The number of rotatable bonds is 1. The first-order chi connectivity index (χ1) is 9.16. The van der Waals surface area contributed by atoms with Crippen LogP contribution in [0.1, 0.15) is 24.5 Å². The Hall–Kier alpha value is -1.82. The Labute approximate surface area is 110 Å². The van der Waals surface area contributed by atoms with Crippen LogP contribution in [0.5, 0.6) is 0 Å². The summed E-state index contributed by atoms with van der Waals surface area (Å²) in [4.78, 5) is 3.67. The molecule has 1 unspecified atom stereocenters. The molecule has 1 aliphatic rings. The number of halogens is 2. The van der Waals surface area contributed by atoms with Crippen molar-refractivity contribution < 1.29 is 13.5 Å². The topological polar surface area (TPSA) is 39.9 Å². The summed E-state index contributed by atoms with van der Waals surface area (Å²) in [6.07, 6.45) is 4.73. The first-order valence-electron chi connectivity index (χ1n) is 6.02. The third kappa shape index (κ3) is 3.82. The first-order valence-corrected chi connectivity index (χ1v) is 6.02. The highest BCUT2D eigenvalue weighted by Gasteiger charge is 2.20. The Balaban J connectivity index is 0.000000186. The van der Waals surface area contributed by atoms with Gasteiger partial charge in [0.05, 0.1) is 6.10 Å². The molecule has 1 atom stereocenters. The van der Waals surface area contributed by atoms with Gasteiger partial charge in [-0.2, -0.15) is 5.10 Å². The van der Waals surface area contributed by atoms with Crippen molar-refractivity contribution in [3.63, 3.8) is 0 Å². The number of nitrogens with zero attached hydrogens (tertiary/aromatic N) is 3. The fraction of sp³-hybridized carbons (Fsp3) is 0.385. The van der Waals surface area contributed by atoms with Crippen LogP contribution in [0.25, 0.3) is 0 Å². The Morgan fingerprint density at radius 3 is 2.68 bits per heavy atom. The molecule has 1 aromatic carbocycles. The molecule has 0 bridgehead atoms. The first kappa shape index (κ1) is 13.6. The van der Waals surface area contributed by atoms with Crippen molar-refractivity contribution in [2.45, 2.75) is 18.9 Å². The molecular weight excluding hydrogens is 252 g/mol. The van der Waals surface area contributed by atoms with Crippen LogP contribution in [0.15, 0.2) is 30.9 Å². The highest BCUT2D eigenvalue weighted by molar-refractivity contribution is 5.21. The number of aromatic nitrogens is 3. The number of ether oxygens (including phenoxy) is 1. The molecule has 1 saturated heterocycles. The quantitative estimate of drug-likeness (QED) is 0.797. The lowest BCUT2D eigenvalue weighted by Crippen LogP contribution is -1.99. The molecule has 0 amide bonds. The van der Waals surface area contributed by atoms with Gasteiger partial charge in [0.2, 0.25) is 0 Å². The Kier molecular flexibility index (Phi) is 4.57. The van der Waals surface area contributed by atoms with Crippen LogP contribution in [-0.2, 0) is 11.8 Å². The van der Waals surface area contributed by atoms with E-state index in [0.717, 1.165) is 18.9 Å². The van der Waals surface area contributed by atoms with E-state index in [1.54, 1.807) is 11.0 Å². The molecular formula is C13H15F2N3O. The van der Waals surface area contributed by atoms with Gasteiger partial charge >= 0.3 is 0 Å². The lowest BCUT2D eigenvalue weighted by Gasteiger charge is -2.10. The Morgan fingerprint density at radius 2 is 2.21 bits per heavy atom. The van der Waals surface area contributed by atoms with E-state index in [2.05, 4.69) is 10.1 Å². The molecule has 2 heterocycles. The summed E-state index contributed by atoms with van der Waals surface area (Å²) in [5.41, 5.74) is 0.471. The number of hydrogen-bond acceptors (Lipinski definition) is 3. The second kappa shape index (κ2) is 6.38. The van der Waals surface area contributed by atoms with Crippen LogP contribution < -0.4 is 0 Å². The summed E-state index contributed by atoms with van der Waals surface area (Å²) in [5, 5.41) is 3.72. The van der Waals surface area contributed by atoms with Gasteiger partial charge in [-0.05, 0) is 18.9 Å². The average molecular weight is 267 g/mol. The van der Waals surface area contributed by atoms with E-state index in [0.29, 0.717) is 12.2 Å². The second-order valence-electron chi connectivity index (χ2n) is 4.24. The van der Waals surface area contributed by atoms with Gasteiger partial charge in [-0.15, -0.1) is 0 Å². The summed E-state index contributed by atoms with van der Waals surface area (Å²) < 4.78 is 32.7. The van der Waals surface area contributed by atoms with Crippen LogP contribution in [0.2, 0.25) is 0 Å². The molecule has 1 aliphatic heterocycles. The molecule has 6 heteroatoms. The minimum Gasteiger partial charge on any atom is -0.373 e. The Morgan fingerprint density at radius 1 is 1.37 bits per heavy atom. The smallest absolute Gasteiger partial charge is 0.137 e. The van der Waals surface area contributed by atoms with E-state index in [1.807, 2.05) is 7.05 Å². The van der Waals surface area contributed by atoms with Gasteiger partial charge in [0.25, 0.3) is 0 Å². The van der Waals surface area contributed by atoms with Crippen molar-refractivity contribution in [1.82, 2.24) is 14.8 Å². The van der Waals surface area contributed by atoms with Crippen LogP contribution >= 0.6 is 0 Å². The van der Waals surface area contributed by atoms with Gasteiger partial charge in [-0.3, -0.25) is 4.68 Å². The molecule has 1 aromatic heterocycles. The molecule has 2 aromatic rings. The van der Waals surface area contributed by atoms with E-state index in [4.69, 9.17) is 4.74 Å².